The van der Waals surface area contributed by atoms with Crippen molar-refractivity contribution in [2.45, 2.75) is 24.8 Å². The van der Waals surface area contributed by atoms with Gasteiger partial charge in [0.15, 0.2) is 0 Å². The molecule has 4 aromatic rings. The number of para-hydroxylation sites is 2. The van der Waals surface area contributed by atoms with E-state index in [1.54, 1.807) is 24.3 Å². The Labute approximate surface area is 202 Å². The zero-order chi connectivity index (χ0) is 24.2. The third kappa shape index (κ3) is 4.80. The van der Waals surface area contributed by atoms with Gasteiger partial charge in [-0.25, -0.2) is 0 Å². The zero-order valence-corrected chi connectivity index (χ0v) is 19.1. The van der Waals surface area contributed by atoms with Gasteiger partial charge in [-0.1, -0.05) is 60.7 Å². The molecule has 0 bridgehead atoms. The van der Waals surface area contributed by atoms with Crippen molar-refractivity contribution in [3.63, 3.8) is 0 Å². The Morgan fingerprint density at radius 3 is 2.51 bits per heavy atom. The number of hydrogen-bond acceptors (Lipinski definition) is 3. The van der Waals surface area contributed by atoms with E-state index < -0.39 is 6.04 Å². The Hall–Kier alpha value is -4.39. The molecule has 7 nitrogen and oxygen atoms in total. The van der Waals surface area contributed by atoms with Gasteiger partial charge < -0.3 is 20.9 Å². The lowest BCUT2D eigenvalue weighted by molar-refractivity contribution is -0.121. The second-order valence-electron chi connectivity index (χ2n) is 8.66. The van der Waals surface area contributed by atoms with Gasteiger partial charge in [0.25, 0.3) is 5.91 Å². The average Bonchev–Trinajstić information content (AvgIpc) is 3.26. The minimum Gasteiger partial charge on any atom is -0.361 e. The minimum atomic E-state index is -0.779. The van der Waals surface area contributed by atoms with Crippen LogP contribution in [0.25, 0.3) is 10.9 Å². The number of fused-ring (bicyclic) bond motifs is 2. The van der Waals surface area contributed by atoms with Crippen LogP contribution in [0.2, 0.25) is 0 Å². The summed E-state index contributed by atoms with van der Waals surface area (Å²) in [6, 6.07) is 24.2. The molecule has 0 unspecified atom stereocenters. The van der Waals surface area contributed by atoms with Crippen molar-refractivity contribution in [3.8, 4) is 0 Å². The van der Waals surface area contributed by atoms with Crippen molar-refractivity contribution in [2.75, 3.05) is 11.9 Å². The predicted molar refractivity (Wildman–Crippen MR) is 135 cm³/mol. The highest BCUT2D eigenvalue weighted by Crippen LogP contribution is 2.30. The minimum absolute atomic E-state index is 0.0355. The molecule has 5 rings (SSSR count). The standard InChI is InChI=1S/C28H26N4O3/c33-26(15-14-25-28(35)31-24-13-7-5-11-20(24)27(34)32-25)30-16-21(18-8-2-1-3-9-18)22-17-29-23-12-6-4-10-19(22)23/h1-13,17,21,25,29H,14-16H2,(H,30,33)(H,31,35)(H,32,34)/t21-,25+/m0/s1. The van der Waals surface area contributed by atoms with Gasteiger partial charge in [-0.15, -0.1) is 0 Å². The summed E-state index contributed by atoms with van der Waals surface area (Å²) in [5, 5.41) is 9.67. The van der Waals surface area contributed by atoms with Crippen molar-refractivity contribution in [3.05, 3.63) is 102 Å². The van der Waals surface area contributed by atoms with Gasteiger partial charge in [-0.2, -0.15) is 0 Å². The van der Waals surface area contributed by atoms with Crippen LogP contribution in [-0.4, -0.2) is 35.3 Å². The lowest BCUT2D eigenvalue weighted by Gasteiger charge is -2.19. The van der Waals surface area contributed by atoms with Crippen LogP contribution in [0.3, 0.4) is 0 Å². The zero-order valence-electron chi connectivity index (χ0n) is 19.1. The number of nitrogens with one attached hydrogen (secondary N) is 4. The normalized spacial score (nSPS) is 16.1. The Morgan fingerprint density at radius 2 is 1.66 bits per heavy atom. The first-order valence-corrected chi connectivity index (χ1v) is 11.7. The molecule has 2 atom stereocenters. The van der Waals surface area contributed by atoms with Crippen LogP contribution in [0.1, 0.15) is 40.2 Å². The second kappa shape index (κ2) is 9.85. The first-order valence-electron chi connectivity index (χ1n) is 11.7. The summed E-state index contributed by atoms with van der Waals surface area (Å²) >= 11 is 0. The third-order valence-electron chi connectivity index (χ3n) is 6.41. The maximum Gasteiger partial charge on any atom is 0.254 e. The molecule has 1 aromatic heterocycles. The summed E-state index contributed by atoms with van der Waals surface area (Å²) in [6.45, 7) is 0.416. The van der Waals surface area contributed by atoms with Gasteiger partial charge in [0.05, 0.1) is 11.3 Å². The van der Waals surface area contributed by atoms with Crippen LogP contribution in [0, 0.1) is 0 Å². The van der Waals surface area contributed by atoms with Crippen LogP contribution >= 0.6 is 0 Å². The first kappa shape index (κ1) is 22.4. The summed E-state index contributed by atoms with van der Waals surface area (Å²) < 4.78 is 0. The number of rotatable bonds is 7. The molecule has 3 amide bonds. The van der Waals surface area contributed by atoms with E-state index >= 15 is 0 Å². The highest BCUT2D eigenvalue weighted by Gasteiger charge is 2.28. The van der Waals surface area contributed by atoms with Gasteiger partial charge in [-0.3, -0.25) is 14.4 Å². The summed E-state index contributed by atoms with van der Waals surface area (Å²) in [6.07, 6.45) is 2.32. The Kier molecular flexibility index (Phi) is 6.30. The van der Waals surface area contributed by atoms with E-state index in [2.05, 4.69) is 39.1 Å². The van der Waals surface area contributed by atoms with Gasteiger partial charge in [-0.05, 0) is 35.7 Å². The molecule has 0 aliphatic carbocycles. The number of aromatic amines is 1. The smallest absolute Gasteiger partial charge is 0.254 e. The summed E-state index contributed by atoms with van der Waals surface area (Å²) in [5.41, 5.74) is 4.15. The molecule has 4 N–H and O–H groups in total. The van der Waals surface area contributed by atoms with E-state index in [1.165, 1.54) is 0 Å². The van der Waals surface area contributed by atoms with Gasteiger partial charge in [0.2, 0.25) is 11.8 Å². The maximum absolute atomic E-state index is 12.8. The largest absolute Gasteiger partial charge is 0.361 e. The fourth-order valence-corrected chi connectivity index (χ4v) is 4.57. The molecule has 0 saturated heterocycles. The average molecular weight is 467 g/mol. The summed E-state index contributed by atoms with van der Waals surface area (Å²) in [4.78, 5) is 41.2. The van der Waals surface area contributed by atoms with Crippen LogP contribution in [0.4, 0.5) is 5.69 Å². The van der Waals surface area contributed by atoms with Crippen molar-refractivity contribution < 1.29 is 14.4 Å². The Morgan fingerprint density at radius 1 is 0.914 bits per heavy atom. The predicted octanol–water partition coefficient (Wildman–Crippen LogP) is 3.95. The molecule has 0 spiro atoms. The Balaban J connectivity index is 1.25. The summed E-state index contributed by atoms with van der Waals surface area (Å²) in [7, 11) is 0. The molecule has 3 aromatic carbocycles. The van der Waals surface area contributed by atoms with Crippen molar-refractivity contribution in [1.82, 2.24) is 15.6 Å². The molecule has 7 heteroatoms. The number of H-pyrrole nitrogens is 1. The van der Waals surface area contributed by atoms with Crippen LogP contribution in [-0.2, 0) is 9.59 Å². The van der Waals surface area contributed by atoms with Crippen molar-refractivity contribution in [1.29, 1.82) is 0 Å². The van der Waals surface area contributed by atoms with E-state index in [4.69, 9.17) is 0 Å². The van der Waals surface area contributed by atoms with E-state index in [0.29, 0.717) is 17.8 Å². The molecule has 2 heterocycles. The summed E-state index contributed by atoms with van der Waals surface area (Å²) in [5.74, 6) is -0.855. The number of benzene rings is 3. The first-order chi connectivity index (χ1) is 17.1. The highest BCUT2D eigenvalue weighted by molar-refractivity contribution is 6.09. The molecule has 0 saturated carbocycles. The second-order valence-corrected chi connectivity index (χ2v) is 8.66. The molecular weight excluding hydrogens is 440 g/mol. The number of carbonyl (C=O) groups is 3. The van der Waals surface area contributed by atoms with Gasteiger partial charge in [0, 0.05) is 36.0 Å². The highest BCUT2D eigenvalue weighted by atomic mass is 16.2. The topological polar surface area (TPSA) is 103 Å². The number of hydrogen-bond donors (Lipinski definition) is 4. The van der Waals surface area contributed by atoms with Crippen molar-refractivity contribution in [2.24, 2.45) is 0 Å². The molecule has 176 valence electrons. The molecule has 1 aliphatic rings. The van der Waals surface area contributed by atoms with E-state index in [-0.39, 0.29) is 36.5 Å². The number of anilines is 1. The number of amides is 3. The molecule has 0 fully saturated rings. The van der Waals surface area contributed by atoms with E-state index in [0.717, 1.165) is 22.0 Å². The van der Waals surface area contributed by atoms with Gasteiger partial charge >= 0.3 is 0 Å². The third-order valence-corrected chi connectivity index (χ3v) is 6.41. The number of carbonyl (C=O) groups excluding carboxylic acids is 3. The quantitative estimate of drug-likeness (QED) is 0.332. The van der Waals surface area contributed by atoms with Crippen LogP contribution < -0.4 is 16.0 Å². The van der Waals surface area contributed by atoms with Crippen LogP contribution in [0.15, 0.2) is 85.1 Å². The maximum atomic E-state index is 12.8. The molecule has 1 aliphatic heterocycles. The lowest BCUT2D eigenvalue weighted by Crippen LogP contribution is -2.42. The molecular formula is C28H26N4O3. The Bertz CT molecular complexity index is 1380. The van der Waals surface area contributed by atoms with Crippen LogP contribution in [0.5, 0.6) is 0 Å². The van der Waals surface area contributed by atoms with Gasteiger partial charge in [0.1, 0.15) is 6.04 Å². The molecule has 35 heavy (non-hydrogen) atoms. The number of aromatic nitrogens is 1. The monoisotopic (exact) mass is 466 g/mol. The molecule has 0 radical (unpaired) electrons. The fourth-order valence-electron chi connectivity index (χ4n) is 4.57. The lowest BCUT2D eigenvalue weighted by atomic mass is 9.91. The van der Waals surface area contributed by atoms with Crippen molar-refractivity contribution >= 4 is 34.3 Å². The van der Waals surface area contributed by atoms with E-state index in [1.807, 2.05) is 42.6 Å². The SMILES string of the molecule is O=C(CC[C@H]1NC(=O)c2ccccc2NC1=O)NC[C@@H](c1ccccc1)c1c[nH]c2ccccc12. The fraction of sp³-hybridized carbons (Fsp3) is 0.179. The van der Waals surface area contributed by atoms with E-state index in [9.17, 15) is 14.4 Å².